The minimum absolute atomic E-state index is 0.0273. The van der Waals surface area contributed by atoms with Crippen molar-refractivity contribution in [2.24, 2.45) is 0 Å². The molecule has 0 aliphatic heterocycles. The quantitative estimate of drug-likeness (QED) is 0.452. The number of alkyl halides is 3. The topological polar surface area (TPSA) is 17.1 Å². The molecule has 3 atom stereocenters. The Morgan fingerprint density at radius 3 is 2.53 bits per heavy atom. The van der Waals surface area contributed by atoms with Crippen LogP contribution in [0.1, 0.15) is 12.5 Å². The molecule has 0 radical (unpaired) electrons. The molecule has 1 aromatic rings. The Morgan fingerprint density at radius 1 is 1.42 bits per heavy atom. The molecule has 0 aliphatic carbocycles. The van der Waals surface area contributed by atoms with Crippen molar-refractivity contribution in [3.63, 3.8) is 0 Å². The fourth-order valence-electron chi connectivity index (χ4n) is 1.88. The third-order valence-corrected chi connectivity index (χ3v) is 3.91. The van der Waals surface area contributed by atoms with E-state index in [0.29, 0.717) is 0 Å². The molecule has 0 bridgehead atoms. The zero-order valence-electron chi connectivity index (χ0n) is 10.5. The Balaban J connectivity index is 3.37. The van der Waals surface area contributed by atoms with Gasteiger partial charge in [-0.1, -0.05) is 19.1 Å². The smallest absolute Gasteiger partial charge is 0.187 e. The summed E-state index contributed by atoms with van der Waals surface area (Å²) in [5.74, 6) is -0.626. The van der Waals surface area contributed by atoms with Crippen LogP contribution < -0.4 is 0 Å². The van der Waals surface area contributed by atoms with E-state index in [9.17, 15) is 22.4 Å². The number of hydrogen-bond donors (Lipinski definition) is 0. The van der Waals surface area contributed by atoms with E-state index in [0.717, 1.165) is 24.8 Å². The largest absolute Gasteiger partial charge is 0.300 e. The van der Waals surface area contributed by atoms with Gasteiger partial charge in [-0.05, 0) is 17.9 Å². The average molecular weight is 294 g/mol. The molecule has 0 saturated heterocycles. The second-order valence-electron chi connectivity index (χ2n) is 4.35. The van der Waals surface area contributed by atoms with Gasteiger partial charge in [0.05, 0.1) is 5.41 Å². The van der Waals surface area contributed by atoms with Crippen LogP contribution in [-0.4, -0.2) is 31.6 Å². The predicted molar refractivity (Wildman–Crippen MR) is 67.4 cm³/mol. The zero-order chi connectivity index (χ0) is 14.6. The standard InChI is InChI=1S/C13H14F4OS/c1-13(7-14,12(17)10(16)6-18)8-4-3-5-9(15)11(8)19-2/h3-6,10,12H,7H2,1-2H3. The van der Waals surface area contributed by atoms with Crippen LogP contribution in [0.15, 0.2) is 23.1 Å². The van der Waals surface area contributed by atoms with E-state index in [-0.39, 0.29) is 16.7 Å². The van der Waals surface area contributed by atoms with Gasteiger partial charge in [0.1, 0.15) is 18.7 Å². The molecule has 1 nitrogen and oxygen atoms in total. The van der Waals surface area contributed by atoms with E-state index in [4.69, 9.17) is 0 Å². The molecule has 0 N–H and O–H groups in total. The number of carbonyl (C=O) groups is 1. The zero-order valence-corrected chi connectivity index (χ0v) is 11.3. The number of aldehydes is 1. The maximum Gasteiger partial charge on any atom is 0.187 e. The second-order valence-corrected chi connectivity index (χ2v) is 5.17. The summed E-state index contributed by atoms with van der Waals surface area (Å²) in [5.41, 5.74) is -1.87. The van der Waals surface area contributed by atoms with Crippen molar-refractivity contribution >= 4 is 18.0 Å². The number of benzene rings is 1. The van der Waals surface area contributed by atoms with E-state index in [2.05, 4.69) is 0 Å². The molecule has 0 aromatic heterocycles. The van der Waals surface area contributed by atoms with Gasteiger partial charge in [0, 0.05) is 4.90 Å². The summed E-state index contributed by atoms with van der Waals surface area (Å²) in [5, 5.41) is 0. The predicted octanol–water partition coefficient (Wildman–Crippen LogP) is 3.65. The fraction of sp³-hybridized carbons (Fsp3) is 0.462. The van der Waals surface area contributed by atoms with Crippen LogP contribution in [-0.2, 0) is 10.2 Å². The highest BCUT2D eigenvalue weighted by molar-refractivity contribution is 7.98. The summed E-state index contributed by atoms with van der Waals surface area (Å²) in [4.78, 5) is 10.4. The number of hydrogen-bond acceptors (Lipinski definition) is 2. The molecule has 0 saturated carbocycles. The van der Waals surface area contributed by atoms with E-state index < -0.39 is 30.3 Å². The maximum atomic E-state index is 14.0. The molecule has 6 heteroatoms. The lowest BCUT2D eigenvalue weighted by Crippen LogP contribution is -2.43. The van der Waals surface area contributed by atoms with Crippen molar-refractivity contribution in [1.82, 2.24) is 0 Å². The molecule has 1 rings (SSSR count). The molecular formula is C13H14F4OS. The molecular weight excluding hydrogens is 280 g/mol. The monoisotopic (exact) mass is 294 g/mol. The summed E-state index contributed by atoms with van der Waals surface area (Å²) in [6, 6.07) is 3.81. The lowest BCUT2D eigenvalue weighted by molar-refractivity contribution is -0.115. The van der Waals surface area contributed by atoms with E-state index in [1.807, 2.05) is 0 Å². The fourth-order valence-corrected chi connectivity index (χ4v) is 2.66. The number of halogens is 4. The highest BCUT2D eigenvalue weighted by Crippen LogP contribution is 2.39. The first-order chi connectivity index (χ1) is 8.92. The van der Waals surface area contributed by atoms with Crippen LogP contribution in [0.4, 0.5) is 17.6 Å². The van der Waals surface area contributed by atoms with Crippen LogP contribution in [0.25, 0.3) is 0 Å². The molecule has 106 valence electrons. The van der Waals surface area contributed by atoms with Gasteiger partial charge in [0.15, 0.2) is 12.5 Å². The third kappa shape index (κ3) is 2.94. The highest BCUT2D eigenvalue weighted by atomic mass is 32.2. The van der Waals surface area contributed by atoms with E-state index in [1.165, 1.54) is 12.1 Å². The van der Waals surface area contributed by atoms with Gasteiger partial charge in [0.25, 0.3) is 0 Å². The van der Waals surface area contributed by atoms with Crippen molar-refractivity contribution in [1.29, 1.82) is 0 Å². The molecule has 0 heterocycles. The molecule has 1 aromatic carbocycles. The van der Waals surface area contributed by atoms with Crippen LogP contribution >= 0.6 is 11.8 Å². The Bertz CT molecular complexity index is 454. The number of rotatable bonds is 6. The Labute approximate surface area is 113 Å². The van der Waals surface area contributed by atoms with Crippen LogP contribution in [0.2, 0.25) is 0 Å². The Morgan fingerprint density at radius 2 is 2.05 bits per heavy atom. The normalized spacial score (nSPS) is 17.6. The Kier molecular flexibility index (Phi) is 5.40. The maximum absolute atomic E-state index is 14.0. The van der Waals surface area contributed by atoms with Crippen LogP contribution in [0, 0.1) is 5.82 Å². The van der Waals surface area contributed by atoms with Crippen molar-refractivity contribution in [3.05, 3.63) is 29.6 Å². The van der Waals surface area contributed by atoms with E-state index >= 15 is 0 Å². The number of thioether (sulfide) groups is 1. The lowest BCUT2D eigenvalue weighted by Gasteiger charge is -2.32. The van der Waals surface area contributed by atoms with Crippen molar-refractivity contribution in [2.75, 3.05) is 12.9 Å². The van der Waals surface area contributed by atoms with Crippen molar-refractivity contribution in [3.8, 4) is 0 Å². The van der Waals surface area contributed by atoms with Gasteiger partial charge in [-0.15, -0.1) is 11.8 Å². The molecule has 0 spiro atoms. The third-order valence-electron chi connectivity index (χ3n) is 3.08. The van der Waals surface area contributed by atoms with E-state index in [1.54, 1.807) is 6.26 Å². The Hall–Kier alpha value is -1.04. The first-order valence-electron chi connectivity index (χ1n) is 5.54. The van der Waals surface area contributed by atoms with Gasteiger partial charge in [-0.3, -0.25) is 9.18 Å². The first-order valence-corrected chi connectivity index (χ1v) is 6.77. The first kappa shape index (κ1) is 16.0. The second kappa shape index (κ2) is 6.41. The minimum atomic E-state index is -2.45. The summed E-state index contributed by atoms with van der Waals surface area (Å²) in [6.07, 6.45) is -3.47. The highest BCUT2D eigenvalue weighted by Gasteiger charge is 2.43. The van der Waals surface area contributed by atoms with Gasteiger partial charge in [-0.2, -0.15) is 0 Å². The molecule has 0 aliphatic rings. The summed E-state index contributed by atoms with van der Waals surface area (Å²) >= 11 is 0.982. The van der Waals surface area contributed by atoms with Crippen molar-refractivity contribution < 1.29 is 22.4 Å². The summed E-state index contributed by atoms with van der Waals surface area (Å²) in [6.45, 7) is -0.0956. The summed E-state index contributed by atoms with van der Waals surface area (Å²) < 4.78 is 54.1. The van der Waals surface area contributed by atoms with Crippen molar-refractivity contribution in [2.45, 2.75) is 29.6 Å². The van der Waals surface area contributed by atoms with Gasteiger partial charge in [-0.25, -0.2) is 13.2 Å². The van der Waals surface area contributed by atoms with Crippen LogP contribution in [0.5, 0.6) is 0 Å². The van der Waals surface area contributed by atoms with Gasteiger partial charge >= 0.3 is 0 Å². The molecule has 0 amide bonds. The van der Waals surface area contributed by atoms with Gasteiger partial charge < -0.3 is 0 Å². The number of carbonyl (C=O) groups excluding carboxylic acids is 1. The van der Waals surface area contributed by atoms with Gasteiger partial charge in [0.2, 0.25) is 0 Å². The lowest BCUT2D eigenvalue weighted by atomic mass is 9.77. The molecule has 0 fully saturated rings. The molecule has 3 unspecified atom stereocenters. The minimum Gasteiger partial charge on any atom is -0.300 e. The van der Waals surface area contributed by atoms with Crippen LogP contribution in [0.3, 0.4) is 0 Å². The average Bonchev–Trinajstić information content (AvgIpc) is 2.44. The SMILES string of the molecule is CSc1c(F)cccc1C(C)(CF)C(F)C(F)C=O. The molecule has 19 heavy (non-hydrogen) atoms. The summed E-state index contributed by atoms with van der Waals surface area (Å²) in [7, 11) is 0.